The summed E-state index contributed by atoms with van der Waals surface area (Å²) in [4.78, 5) is 31.6. The number of rotatable bonds is 10. The molecule has 6 heteroatoms. The number of carbonyl (C=O) groups is 3. The Kier molecular flexibility index (Phi) is 64.5. The van der Waals surface area contributed by atoms with Gasteiger partial charge in [-0.25, -0.2) is 0 Å². The van der Waals surface area contributed by atoms with Crippen LogP contribution in [-0.2, 0) is 28.6 Å². The van der Waals surface area contributed by atoms with Gasteiger partial charge in [-0.1, -0.05) is 95.4 Å². The van der Waals surface area contributed by atoms with Crippen molar-refractivity contribution in [3.05, 3.63) is 60.8 Å². The first kappa shape index (κ1) is 48.2. The molecule has 0 rings (SSSR count). The summed E-state index contributed by atoms with van der Waals surface area (Å²) in [6.07, 6.45) is 23.5. The van der Waals surface area contributed by atoms with Crippen LogP contribution in [0.5, 0.6) is 0 Å². The van der Waals surface area contributed by atoms with Gasteiger partial charge in [0.2, 0.25) is 0 Å². The highest BCUT2D eigenvalue weighted by Gasteiger charge is 2.15. The highest BCUT2D eigenvalue weighted by Crippen LogP contribution is 1.97. The van der Waals surface area contributed by atoms with Gasteiger partial charge in [0.25, 0.3) is 0 Å². The molecular formula is C32H60O6. The van der Waals surface area contributed by atoms with Gasteiger partial charge >= 0.3 is 17.9 Å². The van der Waals surface area contributed by atoms with Crippen molar-refractivity contribution in [2.24, 2.45) is 0 Å². The van der Waals surface area contributed by atoms with Crippen LogP contribution in [0.4, 0.5) is 0 Å². The smallest absolute Gasteiger partial charge is 0.303 e. The van der Waals surface area contributed by atoms with Crippen molar-refractivity contribution < 1.29 is 28.6 Å². The Labute approximate surface area is 235 Å². The first-order chi connectivity index (χ1) is 18.2. The third-order valence-corrected chi connectivity index (χ3v) is 3.29. The van der Waals surface area contributed by atoms with Crippen LogP contribution in [0.25, 0.3) is 0 Å². The Bertz CT molecular complexity index is 577. The van der Waals surface area contributed by atoms with Crippen molar-refractivity contribution in [2.75, 3.05) is 13.2 Å². The van der Waals surface area contributed by atoms with Crippen molar-refractivity contribution in [1.82, 2.24) is 0 Å². The maximum Gasteiger partial charge on any atom is 0.303 e. The predicted octanol–water partition coefficient (Wildman–Crippen LogP) is 9.13. The van der Waals surface area contributed by atoms with E-state index in [0.29, 0.717) is 0 Å². The Balaban J connectivity index is -0.0000000969. The molecule has 0 saturated heterocycles. The van der Waals surface area contributed by atoms with Gasteiger partial charge in [-0.15, -0.1) is 0 Å². The normalized spacial score (nSPS) is 9.74. The second-order valence-electron chi connectivity index (χ2n) is 6.56. The average Bonchev–Trinajstić information content (AvgIpc) is 2.92. The third-order valence-electron chi connectivity index (χ3n) is 3.29. The minimum Gasteiger partial charge on any atom is -0.462 e. The van der Waals surface area contributed by atoms with E-state index in [1.807, 2.05) is 86.6 Å². The number of hydrogen-bond acceptors (Lipinski definition) is 6. The van der Waals surface area contributed by atoms with E-state index in [9.17, 15) is 14.4 Å². The maximum absolute atomic E-state index is 10.6. The van der Waals surface area contributed by atoms with E-state index in [4.69, 9.17) is 4.74 Å². The first-order valence-electron chi connectivity index (χ1n) is 13.7. The minimum atomic E-state index is -0.754. The highest BCUT2D eigenvalue weighted by atomic mass is 16.6. The Morgan fingerprint density at radius 2 is 0.895 bits per heavy atom. The third kappa shape index (κ3) is 76.6. The lowest BCUT2D eigenvalue weighted by molar-refractivity contribution is -0.163. The van der Waals surface area contributed by atoms with Crippen LogP contribution in [0.2, 0.25) is 0 Å². The summed E-state index contributed by atoms with van der Waals surface area (Å²) in [5, 5.41) is 0. The molecule has 224 valence electrons. The van der Waals surface area contributed by atoms with Gasteiger partial charge in [-0.2, -0.15) is 0 Å². The summed E-state index contributed by atoms with van der Waals surface area (Å²) in [6, 6.07) is 0. The monoisotopic (exact) mass is 540 g/mol. The molecule has 0 saturated carbocycles. The van der Waals surface area contributed by atoms with Gasteiger partial charge in [-0.3, -0.25) is 14.4 Å². The zero-order valence-electron chi connectivity index (χ0n) is 26.8. The van der Waals surface area contributed by atoms with Crippen molar-refractivity contribution in [3.63, 3.8) is 0 Å². The first-order valence-corrected chi connectivity index (χ1v) is 13.7. The largest absolute Gasteiger partial charge is 0.462 e. The van der Waals surface area contributed by atoms with Crippen LogP contribution in [-0.4, -0.2) is 37.2 Å². The summed E-state index contributed by atoms with van der Waals surface area (Å²) in [6.45, 7) is 23.6. The summed E-state index contributed by atoms with van der Waals surface area (Å²) in [5.41, 5.74) is 0. The lowest BCUT2D eigenvalue weighted by Gasteiger charge is -2.15. The number of esters is 3. The van der Waals surface area contributed by atoms with E-state index >= 15 is 0 Å². The quantitative estimate of drug-likeness (QED) is 0.156. The van der Waals surface area contributed by atoms with Crippen LogP contribution in [0, 0.1) is 0 Å². The molecule has 0 bridgehead atoms. The van der Waals surface area contributed by atoms with Crippen molar-refractivity contribution in [3.8, 4) is 0 Å². The molecule has 0 aromatic rings. The van der Waals surface area contributed by atoms with Crippen LogP contribution >= 0.6 is 0 Å². The lowest BCUT2D eigenvalue weighted by Crippen LogP contribution is -2.29. The molecule has 0 radical (unpaired) electrons. The fourth-order valence-electron chi connectivity index (χ4n) is 1.52. The van der Waals surface area contributed by atoms with E-state index < -0.39 is 24.0 Å². The number of carbonyl (C=O) groups excluding carboxylic acids is 3. The molecular weight excluding hydrogens is 480 g/mol. The summed E-state index contributed by atoms with van der Waals surface area (Å²) in [5.74, 6) is -1.51. The molecule has 0 aromatic heterocycles. The fraction of sp³-hybridized carbons (Fsp3) is 0.594. The summed E-state index contributed by atoms with van der Waals surface area (Å²) >= 11 is 0. The van der Waals surface area contributed by atoms with Gasteiger partial charge < -0.3 is 14.2 Å². The van der Waals surface area contributed by atoms with E-state index in [-0.39, 0.29) is 13.2 Å². The zero-order valence-corrected chi connectivity index (χ0v) is 26.8. The van der Waals surface area contributed by atoms with Gasteiger partial charge in [0.15, 0.2) is 6.10 Å². The fourth-order valence-corrected chi connectivity index (χ4v) is 1.52. The molecule has 38 heavy (non-hydrogen) atoms. The molecule has 0 aromatic carbocycles. The standard InChI is InChI=1S/C11H18.C9H14O6.2C4H8.2C2H6/c1-3-5-7-9-11-10-8-6-4-2;1-6(10)13-4-9(15-8(3)12)5-14-7(2)11;2*1-3-4-2;2*1-2/h3,5-6,8-9,11H,4,7,10H2,1-2H3;9H,4-5H2,1-3H3;2*3-4H,1-2H3;2*1-2H3/b5-3-,8-6-,11-9-;;2*4-3-;;. The van der Waals surface area contributed by atoms with Crippen LogP contribution in [0.1, 0.15) is 109 Å². The predicted molar refractivity (Wildman–Crippen MR) is 165 cm³/mol. The zero-order chi connectivity index (χ0) is 31.0. The van der Waals surface area contributed by atoms with Crippen LogP contribution < -0.4 is 0 Å². The summed E-state index contributed by atoms with van der Waals surface area (Å²) < 4.78 is 14.0. The molecule has 0 aliphatic rings. The van der Waals surface area contributed by atoms with Crippen LogP contribution in [0.15, 0.2) is 60.8 Å². The van der Waals surface area contributed by atoms with Crippen molar-refractivity contribution in [1.29, 1.82) is 0 Å². The molecule has 0 aliphatic carbocycles. The molecule has 6 nitrogen and oxygen atoms in total. The Hall–Kier alpha value is -2.89. The van der Waals surface area contributed by atoms with Gasteiger partial charge in [0.05, 0.1) is 0 Å². The number of allylic oxidation sites excluding steroid dienone is 10. The van der Waals surface area contributed by atoms with Gasteiger partial charge in [0.1, 0.15) is 13.2 Å². The topological polar surface area (TPSA) is 78.9 Å². The van der Waals surface area contributed by atoms with E-state index in [2.05, 4.69) is 52.9 Å². The highest BCUT2D eigenvalue weighted by molar-refractivity contribution is 5.67. The second kappa shape index (κ2) is 50.9. The molecule has 0 unspecified atom stereocenters. The molecule has 0 amide bonds. The van der Waals surface area contributed by atoms with Crippen molar-refractivity contribution in [2.45, 2.75) is 115 Å². The molecule has 0 aliphatic heterocycles. The SMILES string of the molecule is C/C=C\C.C/C=C\C.C/C=C\C/C=C\C/C=C\CC.CC.CC.CC(=O)OCC(COC(C)=O)OC(C)=O. The molecule has 0 heterocycles. The van der Waals surface area contributed by atoms with Gasteiger partial charge in [-0.05, 0) is 53.9 Å². The van der Waals surface area contributed by atoms with E-state index in [1.165, 1.54) is 20.8 Å². The second-order valence-corrected chi connectivity index (χ2v) is 6.56. The maximum atomic E-state index is 10.6. The number of hydrogen-bond donors (Lipinski definition) is 0. The average molecular weight is 541 g/mol. The molecule has 0 N–H and O–H groups in total. The molecule has 0 fully saturated rings. The van der Waals surface area contributed by atoms with E-state index in [0.717, 1.165) is 19.3 Å². The number of ether oxygens (including phenoxy) is 3. The van der Waals surface area contributed by atoms with Crippen LogP contribution in [0.3, 0.4) is 0 Å². The summed E-state index contributed by atoms with van der Waals surface area (Å²) in [7, 11) is 0. The van der Waals surface area contributed by atoms with Gasteiger partial charge in [0, 0.05) is 20.8 Å². The molecule has 0 atom stereocenters. The van der Waals surface area contributed by atoms with Crippen molar-refractivity contribution >= 4 is 17.9 Å². The minimum absolute atomic E-state index is 0.123. The molecule has 0 spiro atoms. The Morgan fingerprint density at radius 3 is 1.16 bits per heavy atom. The Morgan fingerprint density at radius 1 is 0.553 bits per heavy atom. The van der Waals surface area contributed by atoms with E-state index in [1.54, 1.807) is 0 Å². The lowest BCUT2D eigenvalue weighted by atomic mass is 10.3.